The van der Waals surface area contributed by atoms with Gasteiger partial charge in [0.1, 0.15) is 0 Å². The molecule has 0 bridgehead atoms. The average Bonchev–Trinajstić information content (AvgIpc) is 2.53. The number of hydrogen-bond acceptors (Lipinski definition) is 1. The second-order valence-electron chi connectivity index (χ2n) is 6.06. The molecule has 1 atom stereocenters. The van der Waals surface area contributed by atoms with Crippen LogP contribution in [0, 0.1) is 5.92 Å². The molecule has 0 aromatic heterocycles. The maximum Gasteiger partial charge on any atom is 0.220 e. The smallest absolute Gasteiger partial charge is 0.220 e. The Kier molecular flexibility index (Phi) is 6.52. The van der Waals surface area contributed by atoms with E-state index in [0.717, 1.165) is 17.9 Å². The van der Waals surface area contributed by atoms with Gasteiger partial charge in [-0.3, -0.25) is 4.79 Å². The first kappa shape index (κ1) is 15.8. The van der Waals surface area contributed by atoms with Crippen molar-refractivity contribution in [2.24, 2.45) is 5.92 Å². The van der Waals surface area contributed by atoms with Gasteiger partial charge < -0.3 is 5.32 Å². The normalized spacial score (nSPS) is 17.8. The number of benzene rings is 1. The molecule has 0 saturated heterocycles. The third-order valence-corrected chi connectivity index (χ3v) is 4.27. The predicted octanol–water partition coefficient (Wildman–Crippen LogP) is 4.78. The van der Waals surface area contributed by atoms with E-state index in [2.05, 4.69) is 17.5 Å². The summed E-state index contributed by atoms with van der Waals surface area (Å²) in [4.78, 5) is 11.9. The summed E-state index contributed by atoms with van der Waals surface area (Å²) in [5.41, 5.74) is 1.16. The van der Waals surface area contributed by atoms with E-state index in [9.17, 15) is 4.79 Å². The van der Waals surface area contributed by atoms with Crippen LogP contribution in [0.4, 0.5) is 0 Å². The van der Waals surface area contributed by atoms with Crippen molar-refractivity contribution >= 4 is 5.91 Å². The Morgan fingerprint density at radius 1 is 1.24 bits per heavy atom. The number of allylic oxidation sites excluding steroid dienone is 2. The van der Waals surface area contributed by atoms with Crippen LogP contribution in [0.15, 0.2) is 42.5 Å². The van der Waals surface area contributed by atoms with Crippen molar-refractivity contribution in [3.8, 4) is 0 Å². The first-order valence-electron chi connectivity index (χ1n) is 8.26. The van der Waals surface area contributed by atoms with E-state index in [1.807, 2.05) is 37.3 Å². The van der Waals surface area contributed by atoms with Crippen LogP contribution >= 0.6 is 0 Å². The molecule has 1 fully saturated rings. The fourth-order valence-corrected chi connectivity index (χ4v) is 2.97. The highest BCUT2D eigenvalue weighted by atomic mass is 16.1. The first-order chi connectivity index (χ1) is 10.3. The summed E-state index contributed by atoms with van der Waals surface area (Å²) >= 11 is 0. The molecule has 2 heteroatoms. The summed E-state index contributed by atoms with van der Waals surface area (Å²) in [6.07, 6.45) is 12.7. The summed E-state index contributed by atoms with van der Waals surface area (Å²) in [6, 6.07) is 10.2. The van der Waals surface area contributed by atoms with E-state index in [0.29, 0.717) is 6.42 Å². The summed E-state index contributed by atoms with van der Waals surface area (Å²) < 4.78 is 0. The van der Waals surface area contributed by atoms with E-state index in [1.54, 1.807) is 0 Å². The van der Waals surface area contributed by atoms with Crippen molar-refractivity contribution in [2.75, 3.05) is 0 Å². The maximum atomic E-state index is 11.9. The molecule has 1 saturated carbocycles. The molecule has 0 aliphatic heterocycles. The monoisotopic (exact) mass is 285 g/mol. The fraction of sp³-hybridized carbons (Fsp3) is 0.526. The fourth-order valence-electron chi connectivity index (χ4n) is 2.97. The minimum absolute atomic E-state index is 0.0843. The van der Waals surface area contributed by atoms with Crippen molar-refractivity contribution in [2.45, 2.75) is 57.9 Å². The molecule has 2 rings (SSSR count). The van der Waals surface area contributed by atoms with Crippen molar-refractivity contribution in [1.29, 1.82) is 0 Å². The van der Waals surface area contributed by atoms with Crippen LogP contribution in [0.3, 0.4) is 0 Å². The van der Waals surface area contributed by atoms with Gasteiger partial charge in [-0.25, -0.2) is 0 Å². The van der Waals surface area contributed by atoms with Crippen LogP contribution in [0.2, 0.25) is 0 Å². The van der Waals surface area contributed by atoms with Gasteiger partial charge in [0.2, 0.25) is 5.91 Å². The quantitative estimate of drug-likeness (QED) is 0.749. The van der Waals surface area contributed by atoms with Gasteiger partial charge in [-0.2, -0.15) is 0 Å². The first-order valence-corrected chi connectivity index (χ1v) is 8.26. The lowest BCUT2D eigenvalue weighted by molar-refractivity contribution is -0.121. The molecule has 1 aliphatic carbocycles. The zero-order valence-corrected chi connectivity index (χ0v) is 13.1. The number of carbonyl (C=O) groups is 1. The van der Waals surface area contributed by atoms with Gasteiger partial charge in [0.25, 0.3) is 0 Å². The average molecular weight is 285 g/mol. The molecule has 1 aromatic rings. The molecule has 0 radical (unpaired) electrons. The Morgan fingerprint density at radius 3 is 2.67 bits per heavy atom. The van der Waals surface area contributed by atoms with Gasteiger partial charge in [0, 0.05) is 6.42 Å². The number of amides is 1. The van der Waals surface area contributed by atoms with Crippen molar-refractivity contribution in [1.82, 2.24) is 5.32 Å². The number of carbonyl (C=O) groups excluding carboxylic acids is 1. The van der Waals surface area contributed by atoms with Gasteiger partial charge in [-0.15, -0.1) is 0 Å². The van der Waals surface area contributed by atoms with E-state index in [4.69, 9.17) is 0 Å². The van der Waals surface area contributed by atoms with Gasteiger partial charge in [-0.05, 0) is 37.7 Å². The minimum atomic E-state index is 0.0843. The number of nitrogens with one attached hydrogen (secondary N) is 1. The second kappa shape index (κ2) is 8.66. The van der Waals surface area contributed by atoms with Crippen LogP contribution in [0.5, 0.6) is 0 Å². The van der Waals surface area contributed by atoms with Gasteiger partial charge in [-0.1, -0.05) is 61.7 Å². The topological polar surface area (TPSA) is 29.1 Å². The maximum absolute atomic E-state index is 11.9. The van der Waals surface area contributed by atoms with Crippen LogP contribution < -0.4 is 5.32 Å². The molecule has 1 N–H and O–H groups in total. The summed E-state index contributed by atoms with van der Waals surface area (Å²) in [5, 5.41) is 3.06. The molecule has 1 aliphatic rings. The highest BCUT2D eigenvalue weighted by Gasteiger charge is 2.10. The lowest BCUT2D eigenvalue weighted by Gasteiger charge is -2.17. The number of hydrogen-bond donors (Lipinski definition) is 1. The molecular formula is C19H27NO. The van der Waals surface area contributed by atoms with Crippen LogP contribution in [0.25, 0.3) is 0 Å². The zero-order valence-electron chi connectivity index (χ0n) is 13.1. The van der Waals surface area contributed by atoms with Crippen LogP contribution in [-0.4, -0.2) is 5.91 Å². The summed E-state index contributed by atoms with van der Waals surface area (Å²) in [5.74, 6) is 0.893. The van der Waals surface area contributed by atoms with Gasteiger partial charge >= 0.3 is 0 Å². The SMILES string of the molecule is C[C@H](NC(=O)CC/C=C/C1CCCCC1)c1ccccc1. The van der Waals surface area contributed by atoms with Gasteiger partial charge in [0.15, 0.2) is 0 Å². The van der Waals surface area contributed by atoms with Crippen molar-refractivity contribution < 1.29 is 4.79 Å². The third-order valence-electron chi connectivity index (χ3n) is 4.27. The number of rotatable bonds is 6. The Bertz CT molecular complexity index is 446. The van der Waals surface area contributed by atoms with Crippen molar-refractivity contribution in [3.63, 3.8) is 0 Å². The minimum Gasteiger partial charge on any atom is -0.350 e. The Labute approximate surface area is 128 Å². The molecular weight excluding hydrogens is 258 g/mol. The summed E-state index contributed by atoms with van der Waals surface area (Å²) in [6.45, 7) is 2.03. The molecule has 1 aromatic carbocycles. The Balaban J connectivity index is 1.66. The third kappa shape index (κ3) is 5.74. The summed E-state index contributed by atoms with van der Waals surface area (Å²) in [7, 11) is 0. The standard InChI is InChI=1S/C19H27NO/c1-16(18-13-6-3-7-14-18)20-19(21)15-9-8-12-17-10-4-2-5-11-17/h3,6-8,12-14,16-17H,2,4-5,9-11,15H2,1H3,(H,20,21)/b12-8+/t16-/m0/s1. The highest BCUT2D eigenvalue weighted by molar-refractivity contribution is 5.76. The van der Waals surface area contributed by atoms with E-state index in [1.165, 1.54) is 32.1 Å². The van der Waals surface area contributed by atoms with Crippen LogP contribution in [0.1, 0.15) is 63.5 Å². The van der Waals surface area contributed by atoms with Crippen LogP contribution in [-0.2, 0) is 4.79 Å². The molecule has 114 valence electrons. The molecule has 0 unspecified atom stereocenters. The lowest BCUT2D eigenvalue weighted by Crippen LogP contribution is -2.26. The Morgan fingerprint density at radius 2 is 1.95 bits per heavy atom. The van der Waals surface area contributed by atoms with Crippen molar-refractivity contribution in [3.05, 3.63) is 48.0 Å². The largest absolute Gasteiger partial charge is 0.350 e. The second-order valence-corrected chi connectivity index (χ2v) is 6.06. The zero-order chi connectivity index (χ0) is 14.9. The van der Waals surface area contributed by atoms with E-state index in [-0.39, 0.29) is 11.9 Å². The highest BCUT2D eigenvalue weighted by Crippen LogP contribution is 2.24. The predicted molar refractivity (Wildman–Crippen MR) is 87.9 cm³/mol. The molecule has 1 amide bonds. The molecule has 2 nitrogen and oxygen atoms in total. The van der Waals surface area contributed by atoms with E-state index < -0.39 is 0 Å². The molecule has 0 spiro atoms. The van der Waals surface area contributed by atoms with E-state index >= 15 is 0 Å². The molecule has 0 heterocycles. The molecule has 21 heavy (non-hydrogen) atoms. The van der Waals surface area contributed by atoms with Gasteiger partial charge in [0.05, 0.1) is 6.04 Å². The Hall–Kier alpha value is -1.57. The lowest BCUT2D eigenvalue weighted by atomic mass is 9.89.